The molecule has 7 nitrogen and oxygen atoms in total. The molecule has 0 spiro atoms. The van der Waals surface area contributed by atoms with Crippen LogP contribution in [0.15, 0.2) is 60.8 Å². The van der Waals surface area contributed by atoms with Crippen molar-refractivity contribution < 1.29 is 19.1 Å². The minimum atomic E-state index is -0.334. The van der Waals surface area contributed by atoms with E-state index in [2.05, 4.69) is 10.3 Å². The molecule has 3 aromatic rings. The van der Waals surface area contributed by atoms with Crippen molar-refractivity contribution in [2.24, 2.45) is 0 Å². The van der Waals surface area contributed by atoms with Crippen LogP contribution in [0.4, 0.5) is 5.69 Å². The van der Waals surface area contributed by atoms with E-state index in [1.165, 1.54) is 4.90 Å². The van der Waals surface area contributed by atoms with E-state index < -0.39 is 0 Å². The zero-order valence-electron chi connectivity index (χ0n) is 16.7. The van der Waals surface area contributed by atoms with Gasteiger partial charge in [-0.1, -0.05) is 18.2 Å². The number of benzene rings is 2. The molecule has 7 heteroatoms. The molecule has 2 heterocycles. The number of hydrogen-bond donors (Lipinski definition) is 1. The molecule has 0 aliphatic carbocycles. The summed E-state index contributed by atoms with van der Waals surface area (Å²) in [7, 11) is 1.59. The highest BCUT2D eigenvalue weighted by Crippen LogP contribution is 2.38. The minimum Gasteiger partial charge on any atom is -0.497 e. The van der Waals surface area contributed by atoms with Gasteiger partial charge in [-0.05, 0) is 54.4 Å². The Hall–Kier alpha value is -3.87. The van der Waals surface area contributed by atoms with Gasteiger partial charge in [0.25, 0.3) is 5.91 Å². The zero-order chi connectivity index (χ0) is 21.1. The van der Waals surface area contributed by atoms with Crippen molar-refractivity contribution in [3.05, 3.63) is 77.5 Å². The number of anilines is 1. The number of carbonyl (C=O) groups is 2. The normalized spacial score (nSPS) is 12.3. The molecule has 0 fully saturated rings. The van der Waals surface area contributed by atoms with Gasteiger partial charge in [-0.3, -0.25) is 14.5 Å². The first-order chi connectivity index (χ1) is 14.5. The Morgan fingerprint density at radius 2 is 2.03 bits per heavy atom. The molecule has 2 aromatic carbocycles. The number of aromatic nitrogens is 1. The van der Waals surface area contributed by atoms with Crippen LogP contribution >= 0.6 is 0 Å². The molecule has 1 aromatic heterocycles. The average molecular weight is 403 g/mol. The summed E-state index contributed by atoms with van der Waals surface area (Å²) < 4.78 is 11.1. The molecule has 1 aliphatic rings. The molecule has 4 rings (SSSR count). The van der Waals surface area contributed by atoms with Crippen molar-refractivity contribution in [1.29, 1.82) is 0 Å². The van der Waals surface area contributed by atoms with Crippen LogP contribution in [0.25, 0.3) is 0 Å². The maximum Gasteiger partial charge on any atom is 0.264 e. The van der Waals surface area contributed by atoms with Gasteiger partial charge in [0.15, 0.2) is 5.75 Å². The van der Waals surface area contributed by atoms with Crippen LogP contribution in [0.5, 0.6) is 17.4 Å². The number of methoxy groups -OCH3 is 1. The molecular weight excluding hydrogens is 382 g/mol. The maximum absolute atomic E-state index is 13.2. The van der Waals surface area contributed by atoms with Crippen molar-refractivity contribution >= 4 is 17.5 Å². The predicted molar refractivity (Wildman–Crippen MR) is 112 cm³/mol. The number of rotatable bonds is 5. The number of fused-ring (bicyclic) bond motifs is 2. The first-order valence-corrected chi connectivity index (χ1v) is 9.50. The maximum atomic E-state index is 13.2. The second-order valence-corrected chi connectivity index (χ2v) is 6.95. The van der Waals surface area contributed by atoms with Crippen molar-refractivity contribution in [3.63, 3.8) is 0 Å². The summed E-state index contributed by atoms with van der Waals surface area (Å²) in [4.78, 5) is 31.5. The lowest BCUT2D eigenvalue weighted by atomic mass is 10.1. The SMILES string of the molecule is COc1cccc(CNC(=O)CN2C(=O)c3cccnc3Oc3ccc(C)cc32)c1. The summed E-state index contributed by atoms with van der Waals surface area (Å²) in [6.07, 6.45) is 1.57. The lowest BCUT2D eigenvalue weighted by Gasteiger charge is -2.22. The minimum absolute atomic E-state index is 0.142. The Balaban J connectivity index is 1.58. The van der Waals surface area contributed by atoms with E-state index in [1.807, 2.05) is 43.3 Å². The standard InChI is InChI=1S/C23H21N3O4/c1-15-8-9-20-19(11-15)26(23(28)18-7-4-10-24-22(18)30-20)14-21(27)25-13-16-5-3-6-17(12-16)29-2/h3-12H,13-14H2,1-2H3,(H,25,27). The summed E-state index contributed by atoms with van der Waals surface area (Å²) in [5.41, 5.74) is 2.70. The Bertz CT molecular complexity index is 1110. The Morgan fingerprint density at radius 1 is 1.17 bits per heavy atom. The molecular formula is C23H21N3O4. The van der Waals surface area contributed by atoms with Crippen LogP contribution in [0.3, 0.4) is 0 Å². The van der Waals surface area contributed by atoms with E-state index in [0.717, 1.165) is 16.9 Å². The molecule has 1 aliphatic heterocycles. The van der Waals surface area contributed by atoms with Gasteiger partial charge < -0.3 is 14.8 Å². The molecule has 1 N–H and O–H groups in total. The quantitative estimate of drug-likeness (QED) is 0.706. The van der Waals surface area contributed by atoms with Crippen LogP contribution in [-0.2, 0) is 11.3 Å². The van der Waals surface area contributed by atoms with Crippen LogP contribution in [0.2, 0.25) is 0 Å². The van der Waals surface area contributed by atoms with Gasteiger partial charge in [0.05, 0.1) is 12.8 Å². The van der Waals surface area contributed by atoms with E-state index >= 15 is 0 Å². The summed E-state index contributed by atoms with van der Waals surface area (Å²) in [6, 6.07) is 16.3. The molecule has 0 saturated carbocycles. The van der Waals surface area contributed by atoms with Crippen molar-refractivity contribution in [2.45, 2.75) is 13.5 Å². The molecule has 0 radical (unpaired) electrons. The Labute approximate surface area is 174 Å². The molecule has 152 valence electrons. The van der Waals surface area contributed by atoms with Gasteiger partial charge >= 0.3 is 0 Å². The molecule has 0 bridgehead atoms. The lowest BCUT2D eigenvalue weighted by molar-refractivity contribution is -0.119. The first-order valence-electron chi connectivity index (χ1n) is 9.50. The largest absolute Gasteiger partial charge is 0.497 e. The van der Waals surface area contributed by atoms with Gasteiger partial charge in [0.1, 0.15) is 17.9 Å². The van der Waals surface area contributed by atoms with Gasteiger partial charge in [-0.15, -0.1) is 0 Å². The number of nitrogens with zero attached hydrogens (tertiary/aromatic N) is 2. The zero-order valence-corrected chi connectivity index (χ0v) is 16.7. The molecule has 0 atom stereocenters. The van der Waals surface area contributed by atoms with Gasteiger partial charge in [-0.25, -0.2) is 4.98 Å². The summed E-state index contributed by atoms with van der Waals surface area (Å²) in [5, 5.41) is 2.86. The summed E-state index contributed by atoms with van der Waals surface area (Å²) in [5.74, 6) is 0.805. The van der Waals surface area contributed by atoms with Crippen molar-refractivity contribution in [3.8, 4) is 17.4 Å². The third kappa shape index (κ3) is 3.96. The number of carbonyl (C=O) groups excluding carboxylic acids is 2. The molecule has 0 saturated heterocycles. The Kier molecular flexibility index (Phi) is 5.34. The molecule has 2 amide bonds. The second-order valence-electron chi connectivity index (χ2n) is 6.95. The number of hydrogen-bond acceptors (Lipinski definition) is 5. The lowest BCUT2D eigenvalue weighted by Crippen LogP contribution is -2.40. The number of aryl methyl sites for hydroxylation is 1. The van der Waals surface area contributed by atoms with E-state index in [0.29, 0.717) is 23.5 Å². The summed E-state index contributed by atoms with van der Waals surface area (Å²) in [6.45, 7) is 2.10. The van der Waals surface area contributed by atoms with E-state index in [-0.39, 0.29) is 24.2 Å². The predicted octanol–water partition coefficient (Wildman–Crippen LogP) is 3.47. The fourth-order valence-corrected chi connectivity index (χ4v) is 3.26. The number of pyridine rings is 1. The number of ether oxygens (including phenoxy) is 2. The van der Waals surface area contributed by atoms with Gasteiger partial charge in [-0.2, -0.15) is 0 Å². The Morgan fingerprint density at radius 3 is 2.87 bits per heavy atom. The fourth-order valence-electron chi connectivity index (χ4n) is 3.26. The molecule has 30 heavy (non-hydrogen) atoms. The monoisotopic (exact) mass is 403 g/mol. The first kappa shape index (κ1) is 19.4. The molecule has 0 unspecified atom stereocenters. The van der Waals surface area contributed by atoms with Crippen LogP contribution < -0.4 is 19.7 Å². The topological polar surface area (TPSA) is 80.8 Å². The highest BCUT2D eigenvalue weighted by atomic mass is 16.5. The van der Waals surface area contributed by atoms with E-state index in [9.17, 15) is 9.59 Å². The van der Waals surface area contributed by atoms with Crippen LogP contribution in [0, 0.1) is 6.92 Å². The highest BCUT2D eigenvalue weighted by Gasteiger charge is 2.30. The van der Waals surface area contributed by atoms with Crippen LogP contribution in [-0.4, -0.2) is 30.5 Å². The smallest absolute Gasteiger partial charge is 0.264 e. The van der Waals surface area contributed by atoms with E-state index in [4.69, 9.17) is 9.47 Å². The van der Waals surface area contributed by atoms with Crippen LogP contribution in [0.1, 0.15) is 21.5 Å². The van der Waals surface area contributed by atoms with E-state index in [1.54, 1.807) is 31.5 Å². The van der Waals surface area contributed by atoms with Gasteiger partial charge in [0.2, 0.25) is 11.8 Å². The van der Waals surface area contributed by atoms with Gasteiger partial charge in [0, 0.05) is 12.7 Å². The number of nitrogens with one attached hydrogen (secondary N) is 1. The third-order valence-electron chi connectivity index (χ3n) is 4.78. The summed E-state index contributed by atoms with van der Waals surface area (Å²) >= 11 is 0. The second kappa shape index (κ2) is 8.24. The third-order valence-corrected chi connectivity index (χ3v) is 4.78. The fraction of sp³-hybridized carbons (Fsp3) is 0.174. The highest BCUT2D eigenvalue weighted by molar-refractivity contribution is 6.11. The van der Waals surface area contributed by atoms with Crippen molar-refractivity contribution in [1.82, 2.24) is 10.3 Å². The average Bonchev–Trinajstić information content (AvgIpc) is 2.87. The number of amides is 2. The van der Waals surface area contributed by atoms with Crippen molar-refractivity contribution in [2.75, 3.05) is 18.6 Å².